The zero-order valence-electron chi connectivity index (χ0n) is 18.1. The predicted octanol–water partition coefficient (Wildman–Crippen LogP) is 2.85. The van der Waals surface area contributed by atoms with E-state index in [1.165, 1.54) is 12.3 Å². The summed E-state index contributed by atoms with van der Waals surface area (Å²) in [5.74, 6) is -1.04. The van der Waals surface area contributed by atoms with Crippen molar-refractivity contribution in [1.29, 1.82) is 0 Å². The number of pyridine rings is 2. The van der Waals surface area contributed by atoms with Gasteiger partial charge in [0.25, 0.3) is 5.91 Å². The van der Waals surface area contributed by atoms with E-state index in [9.17, 15) is 14.0 Å². The maximum absolute atomic E-state index is 14.4. The number of aromatic amines is 1. The Bertz CT molecular complexity index is 1340. The summed E-state index contributed by atoms with van der Waals surface area (Å²) in [6.07, 6.45) is 6.96. The topological polar surface area (TPSA) is 126 Å². The third-order valence-corrected chi connectivity index (χ3v) is 5.55. The van der Waals surface area contributed by atoms with Crippen molar-refractivity contribution in [1.82, 2.24) is 25.6 Å². The molecule has 4 rings (SSSR count). The standard InChI is InChI=1S/C24H22ClFN6O2/c25-20-13-30-22-6-21(26)16(5-19(20)22)11-32-24(34)17-4-15(8-28-10-17)3-14-1-2-18(29-9-14)12-31-23(33)7-27/h1-2,4-6,8-10,13,30H,3,7,11-12,27H2,(H,31,33)(H,32,34). The third-order valence-electron chi connectivity index (χ3n) is 5.24. The number of carbonyl (C=O) groups is 2. The number of hydrogen-bond acceptors (Lipinski definition) is 5. The summed E-state index contributed by atoms with van der Waals surface area (Å²) in [4.78, 5) is 35.3. The quantitative estimate of drug-likeness (QED) is 0.308. The van der Waals surface area contributed by atoms with Crippen LogP contribution in [-0.2, 0) is 24.3 Å². The van der Waals surface area contributed by atoms with E-state index in [2.05, 4.69) is 25.6 Å². The lowest BCUT2D eigenvalue weighted by molar-refractivity contribution is -0.119. The summed E-state index contributed by atoms with van der Waals surface area (Å²) in [6, 6.07) is 8.43. The highest BCUT2D eigenvalue weighted by Crippen LogP contribution is 2.25. The summed E-state index contributed by atoms with van der Waals surface area (Å²) in [6.45, 7) is 0.246. The van der Waals surface area contributed by atoms with Crippen molar-refractivity contribution in [3.05, 3.63) is 93.9 Å². The molecule has 174 valence electrons. The molecule has 0 bridgehead atoms. The summed E-state index contributed by atoms with van der Waals surface area (Å²) in [7, 11) is 0. The molecule has 8 nitrogen and oxygen atoms in total. The van der Waals surface area contributed by atoms with Gasteiger partial charge < -0.3 is 21.4 Å². The van der Waals surface area contributed by atoms with E-state index in [1.54, 1.807) is 30.7 Å². The third kappa shape index (κ3) is 5.56. The minimum atomic E-state index is -0.434. The van der Waals surface area contributed by atoms with Gasteiger partial charge in [-0.2, -0.15) is 0 Å². The maximum atomic E-state index is 14.4. The van der Waals surface area contributed by atoms with Crippen molar-refractivity contribution in [2.24, 2.45) is 5.73 Å². The molecule has 0 aliphatic carbocycles. The van der Waals surface area contributed by atoms with Crippen LogP contribution in [0.5, 0.6) is 0 Å². The van der Waals surface area contributed by atoms with Crippen molar-refractivity contribution in [2.75, 3.05) is 6.54 Å². The summed E-state index contributed by atoms with van der Waals surface area (Å²) in [5, 5.41) is 6.57. The van der Waals surface area contributed by atoms with Crippen LogP contribution in [0, 0.1) is 5.82 Å². The van der Waals surface area contributed by atoms with Gasteiger partial charge in [0.15, 0.2) is 0 Å². The summed E-state index contributed by atoms with van der Waals surface area (Å²) >= 11 is 6.11. The molecule has 1 aromatic carbocycles. The van der Waals surface area contributed by atoms with E-state index in [0.29, 0.717) is 45.7 Å². The number of halogens is 2. The van der Waals surface area contributed by atoms with Gasteiger partial charge in [0.05, 0.1) is 29.4 Å². The van der Waals surface area contributed by atoms with Crippen LogP contribution in [0.1, 0.15) is 32.7 Å². The highest BCUT2D eigenvalue weighted by Gasteiger charge is 2.12. The molecule has 3 aromatic heterocycles. The Labute approximate surface area is 199 Å². The second-order valence-electron chi connectivity index (χ2n) is 7.71. The van der Waals surface area contributed by atoms with Crippen molar-refractivity contribution in [2.45, 2.75) is 19.5 Å². The van der Waals surface area contributed by atoms with E-state index in [1.807, 2.05) is 12.1 Å². The normalized spacial score (nSPS) is 10.9. The lowest BCUT2D eigenvalue weighted by atomic mass is 10.1. The number of nitrogens with two attached hydrogens (primary N) is 1. The van der Waals surface area contributed by atoms with Crippen LogP contribution in [0.4, 0.5) is 4.39 Å². The summed E-state index contributed by atoms with van der Waals surface area (Å²) in [5.41, 5.74) is 9.02. The van der Waals surface area contributed by atoms with Crippen LogP contribution in [0.3, 0.4) is 0 Å². The molecule has 2 amide bonds. The number of hydrogen-bond donors (Lipinski definition) is 4. The van der Waals surface area contributed by atoms with E-state index >= 15 is 0 Å². The number of H-pyrrole nitrogens is 1. The number of nitrogens with one attached hydrogen (secondary N) is 3. The number of rotatable bonds is 8. The van der Waals surface area contributed by atoms with Gasteiger partial charge in [-0.05, 0) is 35.4 Å². The molecule has 34 heavy (non-hydrogen) atoms. The molecule has 0 saturated heterocycles. The molecule has 5 N–H and O–H groups in total. The fourth-order valence-corrected chi connectivity index (χ4v) is 3.65. The molecule has 0 radical (unpaired) electrons. The molecule has 3 heterocycles. The molecule has 0 saturated carbocycles. The van der Waals surface area contributed by atoms with Crippen molar-refractivity contribution >= 4 is 34.3 Å². The first-order valence-corrected chi connectivity index (χ1v) is 10.9. The Morgan fingerprint density at radius 1 is 1.06 bits per heavy atom. The second-order valence-corrected chi connectivity index (χ2v) is 8.11. The molecule has 0 unspecified atom stereocenters. The Hall–Kier alpha value is -3.82. The SMILES string of the molecule is NCC(=O)NCc1ccc(Cc2cncc(C(=O)NCc3cc4c(Cl)c[nH]c4cc3F)c2)cn1. The van der Waals surface area contributed by atoms with Gasteiger partial charge >= 0.3 is 0 Å². The van der Waals surface area contributed by atoms with E-state index in [4.69, 9.17) is 17.3 Å². The predicted molar refractivity (Wildman–Crippen MR) is 127 cm³/mol. The Balaban J connectivity index is 1.38. The molecule has 10 heteroatoms. The molecule has 0 atom stereocenters. The van der Waals surface area contributed by atoms with Crippen LogP contribution in [0.15, 0.2) is 55.1 Å². The summed E-state index contributed by atoms with van der Waals surface area (Å²) < 4.78 is 14.4. The number of nitrogens with zero attached hydrogens (tertiary/aromatic N) is 2. The molecule has 0 fully saturated rings. The zero-order chi connectivity index (χ0) is 24.1. The van der Waals surface area contributed by atoms with Gasteiger partial charge in [-0.1, -0.05) is 17.7 Å². The number of aromatic nitrogens is 3. The molecule has 0 aliphatic heterocycles. The van der Waals surface area contributed by atoms with Gasteiger partial charge in [-0.15, -0.1) is 0 Å². The van der Waals surface area contributed by atoms with Crippen LogP contribution in [0.2, 0.25) is 5.02 Å². The van der Waals surface area contributed by atoms with Gasteiger partial charge in [-0.25, -0.2) is 4.39 Å². The van der Waals surface area contributed by atoms with Gasteiger partial charge in [-0.3, -0.25) is 19.6 Å². The average molecular weight is 481 g/mol. The molecule has 0 spiro atoms. The fraction of sp³-hybridized carbons (Fsp3) is 0.167. The van der Waals surface area contributed by atoms with E-state index < -0.39 is 5.82 Å². The molecule has 0 aliphatic rings. The van der Waals surface area contributed by atoms with Gasteiger partial charge in [0.1, 0.15) is 5.82 Å². The van der Waals surface area contributed by atoms with Gasteiger partial charge in [0.2, 0.25) is 5.91 Å². The zero-order valence-corrected chi connectivity index (χ0v) is 18.8. The smallest absolute Gasteiger partial charge is 0.253 e. The molecular formula is C24H22ClFN6O2. The van der Waals surface area contributed by atoms with E-state index in [0.717, 1.165) is 11.1 Å². The van der Waals surface area contributed by atoms with Crippen LogP contribution < -0.4 is 16.4 Å². The van der Waals surface area contributed by atoms with Crippen molar-refractivity contribution < 1.29 is 14.0 Å². The Morgan fingerprint density at radius 2 is 1.91 bits per heavy atom. The first kappa shape index (κ1) is 23.3. The highest BCUT2D eigenvalue weighted by atomic mass is 35.5. The number of amides is 2. The lowest BCUT2D eigenvalue weighted by Crippen LogP contribution is -2.29. The number of fused-ring (bicyclic) bond motifs is 1. The number of carbonyl (C=O) groups excluding carboxylic acids is 2. The van der Waals surface area contributed by atoms with E-state index in [-0.39, 0.29) is 24.9 Å². The minimum Gasteiger partial charge on any atom is -0.360 e. The first-order valence-electron chi connectivity index (χ1n) is 10.5. The highest BCUT2D eigenvalue weighted by molar-refractivity contribution is 6.35. The monoisotopic (exact) mass is 480 g/mol. The Kier molecular flexibility index (Phi) is 7.15. The molecule has 4 aromatic rings. The first-order chi connectivity index (χ1) is 16.4. The second kappa shape index (κ2) is 10.4. The molecular weight excluding hydrogens is 459 g/mol. The lowest BCUT2D eigenvalue weighted by Gasteiger charge is -2.09. The van der Waals surface area contributed by atoms with Crippen LogP contribution in [-0.4, -0.2) is 33.3 Å². The largest absolute Gasteiger partial charge is 0.360 e. The maximum Gasteiger partial charge on any atom is 0.253 e. The van der Waals surface area contributed by atoms with Gasteiger partial charge in [0, 0.05) is 54.2 Å². The average Bonchev–Trinajstić information content (AvgIpc) is 3.21. The number of benzene rings is 1. The fourth-order valence-electron chi connectivity index (χ4n) is 3.44. The van der Waals surface area contributed by atoms with Crippen LogP contribution >= 0.6 is 11.6 Å². The van der Waals surface area contributed by atoms with Crippen molar-refractivity contribution in [3.8, 4) is 0 Å². The Morgan fingerprint density at radius 3 is 2.68 bits per heavy atom. The minimum absolute atomic E-state index is 0.0123. The van der Waals surface area contributed by atoms with Crippen molar-refractivity contribution in [3.63, 3.8) is 0 Å². The van der Waals surface area contributed by atoms with Crippen LogP contribution in [0.25, 0.3) is 10.9 Å².